The number of aliphatic hydroxyl groups is 12. The van der Waals surface area contributed by atoms with Crippen LogP contribution in [0.5, 0.6) is 0 Å². The largest absolute Gasteiger partial charge is 0.394 e. The number of carbonyl (C=O) groups is 9. The number of rotatable bonds is 32. The van der Waals surface area contributed by atoms with Crippen molar-refractivity contribution < 1.29 is 104 Å². The van der Waals surface area contributed by atoms with E-state index in [0.29, 0.717) is 0 Å². The molecule has 3 aromatic rings. The van der Waals surface area contributed by atoms with Gasteiger partial charge in [0.25, 0.3) is 53.2 Å². The van der Waals surface area contributed by atoms with Crippen LogP contribution in [0.15, 0.2) is 0 Å². The second kappa shape index (κ2) is 39.4. The highest BCUT2D eigenvalue weighted by Crippen LogP contribution is 2.40. The van der Waals surface area contributed by atoms with Crippen molar-refractivity contribution in [3.05, 3.63) is 65.5 Å². The standard InChI is InChI=1S/C51H62I9N9O21/c1-66(11-19(75)14-70)48(87)27-31(52)26(35(56)40(36(27)57)63-43(82)21(77)16-72)47(86)62-8-6-10-69(51(90)30-33(54)29(49(88)67(2)12-20(76)15-71)38(59)42(39(30)60)65-45(84)23(79)18-74)9-5-4-7-61-46(85)25-32(53)28(50(89)68(3)13-24(80)81)37(58)41(34(25)55)64-44(83)22(78)17-73/h19-24,70-81H,4-18H2,1-3H3,(H,61,85)(H,62,86)(H,63,82)(H,64,83)(H,65,84). The zero-order chi connectivity index (χ0) is 68.5. The van der Waals surface area contributed by atoms with Crippen LogP contribution in [0.2, 0.25) is 0 Å². The van der Waals surface area contributed by atoms with Gasteiger partial charge in [-0.3, -0.25) is 43.2 Å². The van der Waals surface area contributed by atoms with Gasteiger partial charge in [0.2, 0.25) is 0 Å². The fourth-order valence-corrected chi connectivity index (χ4v) is 21.0. The van der Waals surface area contributed by atoms with E-state index < -0.39 is 130 Å². The van der Waals surface area contributed by atoms with Gasteiger partial charge >= 0.3 is 0 Å². The molecule has 500 valence electrons. The topological polar surface area (TPSA) is 470 Å². The van der Waals surface area contributed by atoms with Gasteiger partial charge in [-0.2, -0.15) is 0 Å². The summed E-state index contributed by atoms with van der Waals surface area (Å²) in [4.78, 5) is 130. The minimum Gasteiger partial charge on any atom is -0.394 e. The summed E-state index contributed by atoms with van der Waals surface area (Å²) in [5.74, 6) is -7.80. The van der Waals surface area contributed by atoms with Crippen molar-refractivity contribution in [1.82, 2.24) is 30.2 Å². The van der Waals surface area contributed by atoms with E-state index in [0.717, 1.165) is 14.7 Å². The summed E-state index contributed by atoms with van der Waals surface area (Å²) in [6.45, 7) is -6.13. The molecule has 0 fully saturated rings. The SMILES string of the molecule is CN(CC(O)O)C(=O)c1c(I)c(NC(=O)C(O)CO)c(I)c(C(=O)NCCCCN(CCCNC(=O)c2c(I)c(NC(=O)C(O)CO)c(I)c(C(=O)N(C)CC(O)CO)c2I)C(=O)c2c(I)c(NC(=O)C(O)CO)c(I)c(C(=O)N(C)CC(O)CO)c2I)c1I. The quantitative estimate of drug-likeness (QED) is 0.0217. The number of unbranched alkanes of at least 4 members (excludes halogenated alkanes) is 1. The first-order chi connectivity index (χ1) is 42.1. The molecule has 0 saturated heterocycles. The van der Waals surface area contributed by atoms with E-state index in [2.05, 4.69) is 26.6 Å². The monoisotopic (exact) mass is 2280 g/mol. The third kappa shape index (κ3) is 21.7. The number of benzene rings is 3. The lowest BCUT2D eigenvalue weighted by molar-refractivity contribution is -0.126. The number of likely N-dealkylation sites (N-methyl/N-ethyl adjacent to an activating group) is 3. The van der Waals surface area contributed by atoms with Crippen LogP contribution in [-0.2, 0) is 14.4 Å². The molecule has 5 unspecified atom stereocenters. The molecule has 0 bridgehead atoms. The predicted octanol–water partition coefficient (Wildman–Crippen LogP) is -0.291. The molecule has 30 nitrogen and oxygen atoms in total. The highest BCUT2D eigenvalue weighted by Gasteiger charge is 2.36. The van der Waals surface area contributed by atoms with E-state index in [1.54, 1.807) is 203 Å². The lowest BCUT2D eigenvalue weighted by Gasteiger charge is -2.28. The molecular weight excluding hydrogens is 2220 g/mol. The Morgan fingerprint density at radius 1 is 0.367 bits per heavy atom. The smallest absolute Gasteiger partial charge is 0.256 e. The zero-order valence-electron chi connectivity index (χ0n) is 47.3. The van der Waals surface area contributed by atoms with Gasteiger partial charge in [0, 0.05) is 71.1 Å². The van der Waals surface area contributed by atoms with E-state index in [-0.39, 0.29) is 141 Å². The zero-order valence-corrected chi connectivity index (χ0v) is 66.7. The second-order valence-corrected chi connectivity index (χ2v) is 29.0. The number of hydrogen-bond acceptors (Lipinski definition) is 21. The van der Waals surface area contributed by atoms with Crippen LogP contribution in [0.1, 0.15) is 81.4 Å². The van der Waals surface area contributed by atoms with E-state index >= 15 is 4.79 Å². The second-order valence-electron chi connectivity index (χ2n) is 19.3. The normalized spacial score (nSPS) is 12.9. The fourth-order valence-electron chi connectivity index (χ4n) is 7.90. The molecule has 0 heterocycles. The van der Waals surface area contributed by atoms with Crippen molar-refractivity contribution in [2.75, 3.05) is 116 Å². The number of halogens is 9. The maximum Gasteiger partial charge on any atom is 0.256 e. The summed E-state index contributed by atoms with van der Waals surface area (Å²) < 4.78 is 0.863. The maximum atomic E-state index is 15.3. The van der Waals surface area contributed by atoms with Crippen molar-refractivity contribution in [2.24, 2.45) is 0 Å². The molecule has 0 radical (unpaired) electrons. The maximum absolute atomic E-state index is 15.3. The average molecular weight is 2280 g/mol. The molecular formula is C51H62I9N9O21. The molecule has 0 saturated carbocycles. The summed E-state index contributed by atoms with van der Waals surface area (Å²) in [5.41, 5.74) is -0.989. The Balaban J connectivity index is 2.20. The third-order valence-electron chi connectivity index (χ3n) is 12.6. The minimum absolute atomic E-state index is 0.0195. The summed E-state index contributed by atoms with van der Waals surface area (Å²) in [6, 6.07) is 0. The summed E-state index contributed by atoms with van der Waals surface area (Å²) >= 11 is 15.9. The molecule has 3 aromatic carbocycles. The van der Waals surface area contributed by atoms with Crippen LogP contribution in [0.4, 0.5) is 17.1 Å². The summed E-state index contributed by atoms with van der Waals surface area (Å²) in [5, 5.41) is 131. The molecule has 0 spiro atoms. The lowest BCUT2D eigenvalue weighted by atomic mass is 10.1. The first kappa shape index (κ1) is 83.2. The number of nitrogens with one attached hydrogen (secondary N) is 5. The Morgan fingerprint density at radius 3 is 0.956 bits per heavy atom. The molecule has 9 amide bonds. The van der Waals surface area contributed by atoms with Crippen molar-refractivity contribution in [3.8, 4) is 0 Å². The number of amides is 9. The van der Waals surface area contributed by atoms with Crippen LogP contribution in [-0.4, -0.2) is 271 Å². The van der Waals surface area contributed by atoms with E-state index in [4.69, 9.17) is 0 Å². The number of aliphatic hydroxyl groups excluding tert-OH is 11. The molecule has 90 heavy (non-hydrogen) atoms. The van der Waals surface area contributed by atoms with Crippen LogP contribution >= 0.6 is 203 Å². The van der Waals surface area contributed by atoms with E-state index in [1.807, 2.05) is 0 Å². The van der Waals surface area contributed by atoms with Crippen molar-refractivity contribution in [3.63, 3.8) is 0 Å². The molecule has 5 atom stereocenters. The number of anilines is 3. The van der Waals surface area contributed by atoms with Gasteiger partial charge in [-0.05, 0) is 223 Å². The Bertz CT molecular complexity index is 3190. The van der Waals surface area contributed by atoms with Gasteiger partial charge in [0.1, 0.15) is 0 Å². The Labute approximate surface area is 637 Å². The highest BCUT2D eigenvalue weighted by molar-refractivity contribution is 14.1. The number of nitrogens with zero attached hydrogens (tertiary/aromatic N) is 4. The van der Waals surface area contributed by atoms with Gasteiger partial charge in [-0.1, -0.05) is 0 Å². The molecule has 0 aliphatic heterocycles. The van der Waals surface area contributed by atoms with E-state index in [9.17, 15) is 99.6 Å². The summed E-state index contributed by atoms with van der Waals surface area (Å²) in [6.07, 6.45) is -10.2. The van der Waals surface area contributed by atoms with Crippen LogP contribution in [0.25, 0.3) is 0 Å². The fraction of sp³-hybridized carbons (Fsp3) is 0.471. The highest BCUT2D eigenvalue weighted by atomic mass is 127. The number of hydrogen-bond donors (Lipinski definition) is 17. The van der Waals surface area contributed by atoms with Crippen molar-refractivity contribution in [1.29, 1.82) is 0 Å². The third-order valence-corrected chi connectivity index (χ3v) is 22.3. The lowest BCUT2D eigenvalue weighted by Crippen LogP contribution is -2.39. The minimum atomic E-state index is -1.94. The molecule has 0 aromatic heterocycles. The van der Waals surface area contributed by atoms with Gasteiger partial charge < -0.3 is 107 Å². The first-order valence-electron chi connectivity index (χ1n) is 26.1. The van der Waals surface area contributed by atoms with Gasteiger partial charge in [-0.25, -0.2) is 0 Å². The van der Waals surface area contributed by atoms with Gasteiger partial charge in [0.15, 0.2) is 24.6 Å². The van der Waals surface area contributed by atoms with Crippen LogP contribution in [0.3, 0.4) is 0 Å². The Hall–Kier alpha value is -1.02. The molecule has 39 heteroatoms. The predicted molar refractivity (Wildman–Crippen MR) is 399 cm³/mol. The molecule has 3 rings (SSSR count). The number of carbonyl (C=O) groups excluding carboxylic acids is 9. The summed E-state index contributed by atoms with van der Waals surface area (Å²) in [7, 11) is 3.92. The van der Waals surface area contributed by atoms with Crippen LogP contribution in [0, 0.1) is 32.1 Å². The Kier molecular flexibility index (Phi) is 36.4. The average Bonchev–Trinajstić information content (AvgIpc) is 0.810. The molecule has 0 aliphatic carbocycles. The van der Waals surface area contributed by atoms with Gasteiger partial charge in [0.05, 0.1) is 124 Å². The van der Waals surface area contributed by atoms with E-state index in [1.165, 1.54) is 26.0 Å². The van der Waals surface area contributed by atoms with Crippen molar-refractivity contribution >= 4 is 274 Å². The van der Waals surface area contributed by atoms with Crippen molar-refractivity contribution in [2.45, 2.75) is 56.1 Å². The molecule has 0 aliphatic rings. The first-order valence-corrected chi connectivity index (χ1v) is 35.8. The Morgan fingerprint density at radius 2 is 0.644 bits per heavy atom. The van der Waals surface area contributed by atoms with Gasteiger partial charge in [-0.15, -0.1) is 0 Å². The molecule has 17 N–H and O–H groups in total. The van der Waals surface area contributed by atoms with Crippen LogP contribution < -0.4 is 26.6 Å².